The molecule has 0 unspecified atom stereocenters. The number of nitriles is 1. The van der Waals surface area contributed by atoms with Gasteiger partial charge in [0.1, 0.15) is 5.01 Å². The third kappa shape index (κ3) is 3.97. The molecule has 0 aliphatic carbocycles. The van der Waals surface area contributed by atoms with Gasteiger partial charge in [-0.1, -0.05) is 18.2 Å². The highest BCUT2D eigenvalue weighted by molar-refractivity contribution is 7.09. The van der Waals surface area contributed by atoms with Crippen LogP contribution in [0.5, 0.6) is 0 Å². The van der Waals surface area contributed by atoms with Gasteiger partial charge in [-0.3, -0.25) is 14.4 Å². The number of nitrogens with zero attached hydrogens (tertiary/aromatic N) is 4. The molecule has 1 aromatic carbocycles. The molecule has 28 heavy (non-hydrogen) atoms. The number of benzene rings is 1. The number of aryl methyl sites for hydroxylation is 2. The Labute approximate surface area is 164 Å². The topological polar surface area (TPSA) is 115 Å². The summed E-state index contributed by atoms with van der Waals surface area (Å²) >= 11 is 1.21. The SMILES string of the molecule is Cc1csc([C@H](C#N)C(=O)COC(=O)Cc2nn(C)c(=O)c3ccccc23)n1. The Morgan fingerprint density at radius 2 is 2.04 bits per heavy atom. The summed E-state index contributed by atoms with van der Waals surface area (Å²) < 4.78 is 6.21. The van der Waals surface area contributed by atoms with E-state index < -0.39 is 24.3 Å². The number of aromatic nitrogens is 3. The van der Waals surface area contributed by atoms with E-state index in [0.717, 1.165) is 10.4 Å². The van der Waals surface area contributed by atoms with Crippen molar-refractivity contribution in [1.82, 2.24) is 14.8 Å². The minimum Gasteiger partial charge on any atom is -0.457 e. The van der Waals surface area contributed by atoms with Gasteiger partial charge in [-0.25, -0.2) is 9.67 Å². The van der Waals surface area contributed by atoms with Crippen LogP contribution in [-0.2, 0) is 27.8 Å². The summed E-state index contributed by atoms with van der Waals surface area (Å²) in [6.45, 7) is 1.24. The van der Waals surface area contributed by atoms with Crippen molar-refractivity contribution in [2.24, 2.45) is 7.05 Å². The maximum absolute atomic E-state index is 12.3. The standard InChI is InChI=1S/C19H16N4O4S/c1-11-10-28-18(21-11)14(8-20)16(24)9-27-17(25)7-15-12-5-3-4-6-13(12)19(26)23(2)22-15/h3-6,10,14H,7,9H2,1-2H3/t14-/m1/s1. The van der Waals surface area contributed by atoms with Crippen molar-refractivity contribution in [1.29, 1.82) is 5.26 Å². The van der Waals surface area contributed by atoms with Crippen LogP contribution < -0.4 is 5.56 Å². The van der Waals surface area contributed by atoms with Crippen molar-refractivity contribution in [3.8, 4) is 6.07 Å². The lowest BCUT2D eigenvalue weighted by Gasteiger charge is -2.09. The molecule has 0 amide bonds. The second kappa shape index (κ2) is 8.10. The summed E-state index contributed by atoms with van der Waals surface area (Å²) in [5.41, 5.74) is 0.832. The number of ketones is 1. The third-order valence-corrected chi connectivity index (χ3v) is 5.08. The number of carbonyl (C=O) groups excluding carboxylic acids is 2. The minimum absolute atomic E-state index is 0.199. The monoisotopic (exact) mass is 396 g/mol. The molecule has 1 atom stereocenters. The Morgan fingerprint density at radius 1 is 1.32 bits per heavy atom. The zero-order valence-electron chi connectivity index (χ0n) is 15.2. The van der Waals surface area contributed by atoms with Crippen LogP contribution in [0, 0.1) is 18.3 Å². The average molecular weight is 396 g/mol. The number of hydrogen-bond donors (Lipinski definition) is 0. The third-order valence-electron chi connectivity index (χ3n) is 4.05. The molecule has 2 heterocycles. The smallest absolute Gasteiger partial charge is 0.312 e. The predicted molar refractivity (Wildman–Crippen MR) is 102 cm³/mol. The number of Topliss-reactive ketones (excluding diaryl/α,β-unsaturated/α-hetero) is 1. The molecule has 0 fully saturated rings. The Kier molecular flexibility index (Phi) is 5.61. The first-order valence-electron chi connectivity index (χ1n) is 8.35. The summed E-state index contributed by atoms with van der Waals surface area (Å²) in [6.07, 6.45) is -0.199. The summed E-state index contributed by atoms with van der Waals surface area (Å²) in [6, 6.07) is 8.73. The predicted octanol–water partition coefficient (Wildman–Crippen LogP) is 1.66. The van der Waals surface area contributed by atoms with Gasteiger partial charge in [-0.15, -0.1) is 11.3 Å². The van der Waals surface area contributed by atoms with Gasteiger partial charge in [0, 0.05) is 23.5 Å². The van der Waals surface area contributed by atoms with Crippen LogP contribution >= 0.6 is 11.3 Å². The van der Waals surface area contributed by atoms with Gasteiger partial charge in [0.05, 0.1) is 23.6 Å². The van der Waals surface area contributed by atoms with E-state index in [-0.39, 0.29) is 12.0 Å². The number of fused-ring (bicyclic) bond motifs is 1. The van der Waals surface area contributed by atoms with E-state index in [4.69, 9.17) is 4.74 Å². The maximum Gasteiger partial charge on any atom is 0.312 e. The first kappa shape index (κ1) is 19.4. The molecule has 0 radical (unpaired) electrons. The molecule has 0 aliphatic rings. The maximum atomic E-state index is 12.3. The summed E-state index contributed by atoms with van der Waals surface area (Å²) in [5, 5.41) is 16.5. The molecule has 0 spiro atoms. The highest BCUT2D eigenvalue weighted by Gasteiger charge is 2.24. The molecule has 3 aromatic rings. The van der Waals surface area contributed by atoms with Gasteiger partial charge in [-0.05, 0) is 13.0 Å². The number of esters is 1. The molecule has 8 nitrogen and oxygen atoms in total. The fourth-order valence-electron chi connectivity index (χ4n) is 2.70. The average Bonchev–Trinajstić information content (AvgIpc) is 3.11. The first-order valence-corrected chi connectivity index (χ1v) is 9.23. The van der Waals surface area contributed by atoms with Crippen LogP contribution in [-0.4, -0.2) is 33.1 Å². The van der Waals surface area contributed by atoms with E-state index in [0.29, 0.717) is 21.5 Å². The highest BCUT2D eigenvalue weighted by atomic mass is 32.1. The van der Waals surface area contributed by atoms with Crippen LogP contribution in [0.25, 0.3) is 10.8 Å². The number of hydrogen-bond acceptors (Lipinski definition) is 8. The van der Waals surface area contributed by atoms with Crippen molar-refractivity contribution >= 4 is 33.9 Å². The molecule has 142 valence electrons. The van der Waals surface area contributed by atoms with Gasteiger partial charge in [0.2, 0.25) is 0 Å². The lowest BCUT2D eigenvalue weighted by molar-refractivity contribution is -0.147. The molecule has 0 aliphatic heterocycles. The van der Waals surface area contributed by atoms with Crippen LogP contribution in [0.4, 0.5) is 0 Å². The van der Waals surface area contributed by atoms with Crippen LogP contribution in [0.15, 0.2) is 34.4 Å². The van der Waals surface area contributed by atoms with E-state index in [9.17, 15) is 19.6 Å². The van der Waals surface area contributed by atoms with Crippen molar-refractivity contribution in [3.05, 3.63) is 56.4 Å². The highest BCUT2D eigenvalue weighted by Crippen LogP contribution is 2.21. The second-order valence-corrected chi connectivity index (χ2v) is 7.00. The van der Waals surface area contributed by atoms with Gasteiger partial charge in [-0.2, -0.15) is 10.4 Å². The van der Waals surface area contributed by atoms with E-state index in [1.54, 1.807) is 36.6 Å². The van der Waals surface area contributed by atoms with E-state index >= 15 is 0 Å². The summed E-state index contributed by atoms with van der Waals surface area (Å²) in [5.74, 6) is -2.27. The molecule has 3 rings (SSSR count). The molecule has 2 aromatic heterocycles. The number of carbonyl (C=O) groups is 2. The fourth-order valence-corrected chi connectivity index (χ4v) is 3.56. The van der Waals surface area contributed by atoms with Crippen molar-refractivity contribution < 1.29 is 14.3 Å². The lowest BCUT2D eigenvalue weighted by atomic mass is 10.1. The number of thiazole rings is 1. The normalized spacial score (nSPS) is 11.8. The summed E-state index contributed by atoms with van der Waals surface area (Å²) in [7, 11) is 1.50. The van der Waals surface area contributed by atoms with E-state index in [2.05, 4.69) is 10.1 Å². The van der Waals surface area contributed by atoms with E-state index in [1.807, 2.05) is 6.07 Å². The Morgan fingerprint density at radius 3 is 2.68 bits per heavy atom. The van der Waals surface area contributed by atoms with Crippen LogP contribution in [0.1, 0.15) is 22.3 Å². The Bertz CT molecular complexity index is 1160. The first-order chi connectivity index (χ1) is 13.4. The largest absolute Gasteiger partial charge is 0.457 e. The molecule has 0 saturated carbocycles. The second-order valence-electron chi connectivity index (χ2n) is 6.11. The lowest BCUT2D eigenvalue weighted by Crippen LogP contribution is -2.24. The van der Waals surface area contributed by atoms with E-state index in [1.165, 1.54) is 18.4 Å². The molecular formula is C19H16N4O4S. The quantitative estimate of drug-likeness (QED) is 0.582. The van der Waals surface area contributed by atoms with Crippen LogP contribution in [0.3, 0.4) is 0 Å². The van der Waals surface area contributed by atoms with Gasteiger partial charge < -0.3 is 4.74 Å². The molecule has 0 saturated heterocycles. The zero-order valence-corrected chi connectivity index (χ0v) is 16.0. The minimum atomic E-state index is -1.07. The number of ether oxygens (including phenoxy) is 1. The van der Waals surface area contributed by atoms with Crippen molar-refractivity contribution in [2.45, 2.75) is 19.3 Å². The summed E-state index contributed by atoms with van der Waals surface area (Å²) in [4.78, 5) is 40.7. The molecule has 0 bridgehead atoms. The van der Waals surface area contributed by atoms with Gasteiger partial charge in [0.15, 0.2) is 18.3 Å². The Hall–Kier alpha value is -3.38. The van der Waals surface area contributed by atoms with Gasteiger partial charge >= 0.3 is 5.97 Å². The van der Waals surface area contributed by atoms with Crippen molar-refractivity contribution in [3.63, 3.8) is 0 Å². The zero-order chi connectivity index (χ0) is 20.3. The molecule has 9 heteroatoms. The fraction of sp³-hybridized carbons (Fsp3) is 0.263. The van der Waals surface area contributed by atoms with Gasteiger partial charge in [0.25, 0.3) is 5.56 Å². The number of rotatable bonds is 6. The molecular weight excluding hydrogens is 380 g/mol. The molecule has 0 N–H and O–H groups in total. The Balaban J connectivity index is 1.71. The van der Waals surface area contributed by atoms with Crippen LogP contribution in [0.2, 0.25) is 0 Å². The van der Waals surface area contributed by atoms with Crippen molar-refractivity contribution in [2.75, 3.05) is 6.61 Å².